The summed E-state index contributed by atoms with van der Waals surface area (Å²) in [5.74, 6) is 0.693. The van der Waals surface area contributed by atoms with Crippen LogP contribution >= 0.6 is 11.6 Å². The van der Waals surface area contributed by atoms with Gasteiger partial charge in [0.15, 0.2) is 11.6 Å². The van der Waals surface area contributed by atoms with E-state index in [0.717, 1.165) is 24.8 Å². The summed E-state index contributed by atoms with van der Waals surface area (Å²) in [5, 5.41) is 14.4. The summed E-state index contributed by atoms with van der Waals surface area (Å²) in [6.07, 6.45) is 2.71. The highest BCUT2D eigenvalue weighted by molar-refractivity contribution is 6.32. The number of rotatable bonds is 5. The number of Topliss-reactive ketones (excluding diaryl/α,β-unsaturated/α-hetero) is 1. The maximum absolute atomic E-state index is 12.5. The summed E-state index contributed by atoms with van der Waals surface area (Å²) in [5.41, 5.74) is 1.36. The third kappa shape index (κ3) is 2.14. The lowest BCUT2D eigenvalue weighted by Gasteiger charge is -2.16. The molecule has 6 nitrogen and oxygen atoms in total. The molecule has 114 valence electrons. The Bertz CT molecular complexity index is 727. The third-order valence-corrected chi connectivity index (χ3v) is 4.97. The summed E-state index contributed by atoms with van der Waals surface area (Å²) in [4.78, 5) is 12.5. The first-order chi connectivity index (χ1) is 10.6. The monoisotopic (exact) mass is 318 g/mol. The molecule has 1 N–H and O–H groups in total. The van der Waals surface area contributed by atoms with Crippen LogP contribution in [0.25, 0.3) is 0 Å². The van der Waals surface area contributed by atoms with Crippen LogP contribution in [0.3, 0.4) is 0 Å². The smallest absolute Gasteiger partial charge is 0.178 e. The fourth-order valence-corrected chi connectivity index (χ4v) is 3.40. The molecule has 7 heteroatoms. The number of H-pyrrole nitrogens is 1. The van der Waals surface area contributed by atoms with Crippen molar-refractivity contribution in [2.24, 2.45) is 5.92 Å². The van der Waals surface area contributed by atoms with Crippen LogP contribution in [0.4, 0.5) is 0 Å². The number of ketones is 1. The number of carbonyl (C=O) groups is 1. The van der Waals surface area contributed by atoms with Gasteiger partial charge in [0.2, 0.25) is 0 Å². The van der Waals surface area contributed by atoms with Crippen LogP contribution in [0.5, 0.6) is 0 Å². The molecule has 2 atom stereocenters. The second kappa shape index (κ2) is 4.86. The van der Waals surface area contributed by atoms with Gasteiger partial charge in [0.05, 0.1) is 5.60 Å². The molecule has 2 aliphatic rings. The number of ether oxygens (including phenoxy) is 1. The molecule has 22 heavy (non-hydrogen) atoms. The molecule has 0 spiro atoms. The highest BCUT2D eigenvalue weighted by atomic mass is 35.5. The predicted octanol–water partition coefficient (Wildman–Crippen LogP) is 2.48. The molecule has 0 bridgehead atoms. The number of halogens is 1. The first kappa shape index (κ1) is 13.8. The molecule has 4 rings (SSSR count). The van der Waals surface area contributed by atoms with Gasteiger partial charge in [0.25, 0.3) is 0 Å². The Kier molecular flexibility index (Phi) is 3.06. The van der Waals surface area contributed by atoms with Gasteiger partial charge >= 0.3 is 0 Å². The van der Waals surface area contributed by atoms with Crippen LogP contribution in [-0.2, 0) is 10.3 Å². The minimum absolute atomic E-state index is 0.0680. The lowest BCUT2D eigenvalue weighted by atomic mass is 10.0. The predicted molar refractivity (Wildman–Crippen MR) is 78.7 cm³/mol. The van der Waals surface area contributed by atoms with Crippen molar-refractivity contribution in [1.82, 2.24) is 20.6 Å². The number of hydrogen-bond donors (Lipinski definition) is 1. The molecule has 0 saturated heterocycles. The minimum Gasteiger partial charge on any atom is -0.373 e. The maximum Gasteiger partial charge on any atom is 0.178 e. The standard InChI is InChI=1S/C15H15ClN4O2/c1-22-15(4-5-15)11-3-2-8(6-12(11)16)13(21)9-7-10(9)14-17-19-20-18-14/h2-3,6,9-10H,4-5,7H2,1H3,(H,17,18,19,20). The Morgan fingerprint density at radius 1 is 1.45 bits per heavy atom. The van der Waals surface area contributed by atoms with Gasteiger partial charge in [0, 0.05) is 35.1 Å². The molecule has 0 amide bonds. The zero-order valence-electron chi connectivity index (χ0n) is 12.0. The number of nitrogens with zero attached hydrogens (tertiary/aromatic N) is 3. The molecule has 1 heterocycles. The van der Waals surface area contributed by atoms with Crippen molar-refractivity contribution < 1.29 is 9.53 Å². The van der Waals surface area contributed by atoms with Gasteiger partial charge < -0.3 is 4.74 Å². The number of carbonyl (C=O) groups excluding carboxylic acids is 1. The van der Waals surface area contributed by atoms with Crippen molar-refractivity contribution in [2.75, 3.05) is 7.11 Å². The Hall–Kier alpha value is -1.79. The van der Waals surface area contributed by atoms with Gasteiger partial charge in [-0.05, 0) is 25.3 Å². The van der Waals surface area contributed by atoms with E-state index in [1.807, 2.05) is 12.1 Å². The van der Waals surface area contributed by atoms with Crippen molar-refractivity contribution in [3.8, 4) is 0 Å². The molecule has 2 aliphatic carbocycles. The van der Waals surface area contributed by atoms with Gasteiger partial charge in [-0.1, -0.05) is 28.9 Å². The number of nitrogens with one attached hydrogen (secondary N) is 1. The average Bonchev–Trinajstić information content (AvgIpc) is 3.45. The van der Waals surface area contributed by atoms with E-state index >= 15 is 0 Å². The number of tetrazole rings is 1. The highest BCUT2D eigenvalue weighted by Crippen LogP contribution is 2.52. The zero-order chi connectivity index (χ0) is 15.3. The Morgan fingerprint density at radius 3 is 2.86 bits per heavy atom. The average molecular weight is 319 g/mol. The van der Waals surface area contributed by atoms with Crippen molar-refractivity contribution >= 4 is 17.4 Å². The molecule has 2 fully saturated rings. The van der Waals surface area contributed by atoms with E-state index in [0.29, 0.717) is 16.4 Å². The van der Waals surface area contributed by atoms with Crippen LogP contribution in [0.2, 0.25) is 5.02 Å². The molecule has 1 aromatic carbocycles. The molecular formula is C15H15ClN4O2. The molecule has 1 aromatic heterocycles. The number of hydrogen-bond acceptors (Lipinski definition) is 5. The first-order valence-corrected chi connectivity index (χ1v) is 7.65. The van der Waals surface area contributed by atoms with Gasteiger partial charge in [0.1, 0.15) is 0 Å². The third-order valence-electron chi connectivity index (χ3n) is 4.66. The van der Waals surface area contributed by atoms with Crippen LogP contribution in [0, 0.1) is 5.92 Å². The van der Waals surface area contributed by atoms with Gasteiger partial charge in [-0.25, -0.2) is 0 Å². The largest absolute Gasteiger partial charge is 0.373 e. The maximum atomic E-state index is 12.5. The Morgan fingerprint density at radius 2 is 2.27 bits per heavy atom. The minimum atomic E-state index is -0.245. The van der Waals surface area contributed by atoms with Crippen LogP contribution in [0.15, 0.2) is 18.2 Å². The molecule has 2 aromatic rings. The van der Waals surface area contributed by atoms with E-state index in [4.69, 9.17) is 16.3 Å². The highest BCUT2D eigenvalue weighted by Gasteiger charge is 2.48. The molecular weight excluding hydrogens is 304 g/mol. The lowest BCUT2D eigenvalue weighted by molar-refractivity contribution is 0.0789. The summed E-state index contributed by atoms with van der Waals surface area (Å²) < 4.78 is 5.55. The van der Waals surface area contributed by atoms with Crippen LogP contribution < -0.4 is 0 Å². The number of methoxy groups -OCH3 is 1. The number of benzene rings is 1. The normalized spacial score (nSPS) is 25.0. The van der Waals surface area contributed by atoms with E-state index in [1.165, 1.54) is 0 Å². The van der Waals surface area contributed by atoms with Crippen LogP contribution in [-0.4, -0.2) is 33.5 Å². The van der Waals surface area contributed by atoms with E-state index in [9.17, 15) is 4.79 Å². The molecule has 2 unspecified atom stereocenters. The Labute approximate surface area is 132 Å². The number of aromatic amines is 1. The summed E-state index contributed by atoms with van der Waals surface area (Å²) in [7, 11) is 1.70. The van der Waals surface area contributed by atoms with E-state index in [2.05, 4.69) is 20.6 Å². The second-order valence-corrected chi connectivity index (χ2v) is 6.38. The van der Waals surface area contributed by atoms with Gasteiger partial charge in [-0.2, -0.15) is 5.21 Å². The van der Waals surface area contributed by atoms with Crippen molar-refractivity contribution in [3.63, 3.8) is 0 Å². The second-order valence-electron chi connectivity index (χ2n) is 5.98. The molecule has 0 aliphatic heterocycles. The van der Waals surface area contributed by atoms with Crippen molar-refractivity contribution in [1.29, 1.82) is 0 Å². The topological polar surface area (TPSA) is 80.8 Å². The van der Waals surface area contributed by atoms with Crippen LogP contribution in [0.1, 0.15) is 46.9 Å². The summed E-state index contributed by atoms with van der Waals surface area (Å²) >= 11 is 6.37. The summed E-state index contributed by atoms with van der Waals surface area (Å²) in [6.45, 7) is 0. The molecule has 2 saturated carbocycles. The molecule has 0 radical (unpaired) electrons. The van der Waals surface area contributed by atoms with E-state index in [-0.39, 0.29) is 23.2 Å². The zero-order valence-corrected chi connectivity index (χ0v) is 12.8. The van der Waals surface area contributed by atoms with Crippen molar-refractivity contribution in [3.05, 3.63) is 40.2 Å². The SMILES string of the molecule is COC1(c2ccc(C(=O)C3CC3c3nn[nH]n3)cc2Cl)CC1. The quantitative estimate of drug-likeness (QED) is 0.857. The van der Waals surface area contributed by atoms with Gasteiger partial charge in [-0.15, -0.1) is 10.2 Å². The Balaban J connectivity index is 1.54. The van der Waals surface area contributed by atoms with E-state index < -0.39 is 0 Å². The fourth-order valence-electron chi connectivity index (χ4n) is 3.05. The fraction of sp³-hybridized carbons (Fsp3) is 0.467. The number of aromatic nitrogens is 4. The van der Waals surface area contributed by atoms with Crippen molar-refractivity contribution in [2.45, 2.75) is 30.8 Å². The van der Waals surface area contributed by atoms with E-state index in [1.54, 1.807) is 13.2 Å². The first-order valence-electron chi connectivity index (χ1n) is 7.27. The summed E-state index contributed by atoms with van der Waals surface area (Å²) in [6, 6.07) is 5.51. The van der Waals surface area contributed by atoms with Gasteiger partial charge in [-0.3, -0.25) is 4.79 Å². The lowest BCUT2D eigenvalue weighted by Crippen LogP contribution is -2.11.